The van der Waals surface area contributed by atoms with Crippen LogP contribution in [0.2, 0.25) is 0 Å². The summed E-state index contributed by atoms with van der Waals surface area (Å²) < 4.78 is 12.9. The molecule has 2 rings (SSSR count). The standard InChI is InChI=1S/C18H20FN3O2/c1-12(2)7-9-21-18(24)16-11-13(8-10-20-16)17(23)22-15-5-3-14(19)4-6-15/h3-6,8,10-12H,7,9H2,1-2H3,(H,21,24)(H,22,23). The highest BCUT2D eigenvalue weighted by Crippen LogP contribution is 2.11. The Hall–Kier alpha value is -2.76. The summed E-state index contributed by atoms with van der Waals surface area (Å²) in [6, 6.07) is 8.40. The SMILES string of the molecule is CC(C)CCNC(=O)c1cc(C(=O)Nc2ccc(F)cc2)ccn1. The lowest BCUT2D eigenvalue weighted by molar-refractivity contribution is 0.0947. The van der Waals surface area contributed by atoms with Crippen molar-refractivity contribution in [3.8, 4) is 0 Å². The number of benzene rings is 1. The van der Waals surface area contributed by atoms with Gasteiger partial charge in [0.2, 0.25) is 0 Å². The number of nitrogens with one attached hydrogen (secondary N) is 2. The van der Waals surface area contributed by atoms with Gasteiger partial charge in [-0.3, -0.25) is 14.6 Å². The molecular formula is C18H20FN3O2. The highest BCUT2D eigenvalue weighted by molar-refractivity contribution is 6.05. The number of halogens is 1. The minimum Gasteiger partial charge on any atom is -0.351 e. The van der Waals surface area contributed by atoms with Crippen LogP contribution >= 0.6 is 0 Å². The second-order valence-electron chi connectivity index (χ2n) is 5.83. The Kier molecular flexibility index (Phi) is 6.01. The first-order valence-corrected chi connectivity index (χ1v) is 7.77. The Balaban J connectivity index is 2.02. The second-order valence-corrected chi connectivity index (χ2v) is 5.83. The van der Waals surface area contributed by atoms with Crippen LogP contribution in [0, 0.1) is 11.7 Å². The molecule has 0 unspecified atom stereocenters. The third-order valence-electron chi connectivity index (χ3n) is 3.36. The van der Waals surface area contributed by atoms with E-state index < -0.39 is 0 Å². The van der Waals surface area contributed by atoms with Crippen molar-refractivity contribution < 1.29 is 14.0 Å². The lowest BCUT2D eigenvalue weighted by atomic mass is 10.1. The molecule has 24 heavy (non-hydrogen) atoms. The summed E-state index contributed by atoms with van der Waals surface area (Å²) in [5.41, 5.74) is 0.968. The summed E-state index contributed by atoms with van der Waals surface area (Å²) in [4.78, 5) is 28.3. The first kappa shape index (κ1) is 17.6. The molecule has 0 saturated carbocycles. The highest BCUT2D eigenvalue weighted by Gasteiger charge is 2.12. The number of rotatable bonds is 6. The van der Waals surface area contributed by atoms with Crippen molar-refractivity contribution in [1.29, 1.82) is 0 Å². The van der Waals surface area contributed by atoms with Crippen molar-refractivity contribution in [3.63, 3.8) is 0 Å². The van der Waals surface area contributed by atoms with Crippen LogP contribution in [0.4, 0.5) is 10.1 Å². The maximum atomic E-state index is 12.9. The van der Waals surface area contributed by atoms with Gasteiger partial charge in [0.15, 0.2) is 0 Å². The fraction of sp³-hybridized carbons (Fsp3) is 0.278. The molecule has 0 aliphatic heterocycles. The van der Waals surface area contributed by atoms with Gasteiger partial charge >= 0.3 is 0 Å². The molecule has 0 fully saturated rings. The maximum Gasteiger partial charge on any atom is 0.269 e. The van der Waals surface area contributed by atoms with E-state index in [4.69, 9.17) is 0 Å². The molecule has 0 bridgehead atoms. The first-order chi connectivity index (χ1) is 11.5. The highest BCUT2D eigenvalue weighted by atomic mass is 19.1. The second kappa shape index (κ2) is 8.19. The third kappa shape index (κ3) is 5.15. The van der Waals surface area contributed by atoms with E-state index in [2.05, 4.69) is 29.5 Å². The molecule has 2 amide bonds. The molecule has 2 N–H and O–H groups in total. The van der Waals surface area contributed by atoms with Gasteiger partial charge in [-0.15, -0.1) is 0 Å². The van der Waals surface area contributed by atoms with Crippen molar-refractivity contribution in [2.45, 2.75) is 20.3 Å². The number of carbonyl (C=O) groups excluding carboxylic acids is 2. The molecule has 0 aliphatic rings. The smallest absolute Gasteiger partial charge is 0.269 e. The van der Waals surface area contributed by atoms with Crippen LogP contribution in [0.1, 0.15) is 41.1 Å². The van der Waals surface area contributed by atoms with Crippen LogP contribution in [-0.2, 0) is 0 Å². The van der Waals surface area contributed by atoms with Crippen LogP contribution in [0.5, 0.6) is 0 Å². The molecular weight excluding hydrogens is 309 g/mol. The number of amides is 2. The number of hydrogen-bond donors (Lipinski definition) is 2. The molecule has 1 aromatic carbocycles. The Labute approximate surface area is 140 Å². The van der Waals surface area contributed by atoms with Gasteiger partial charge in [-0.25, -0.2) is 4.39 Å². The van der Waals surface area contributed by atoms with Gasteiger partial charge in [-0.2, -0.15) is 0 Å². The Morgan fingerprint density at radius 2 is 1.83 bits per heavy atom. The molecule has 1 aromatic heterocycles. The van der Waals surface area contributed by atoms with Crippen molar-refractivity contribution >= 4 is 17.5 Å². The molecule has 1 heterocycles. The van der Waals surface area contributed by atoms with Crippen LogP contribution in [0.3, 0.4) is 0 Å². The van der Waals surface area contributed by atoms with Gasteiger partial charge in [0.25, 0.3) is 11.8 Å². The molecule has 0 atom stereocenters. The van der Waals surface area contributed by atoms with Crippen molar-refractivity contribution in [2.75, 3.05) is 11.9 Å². The van der Waals surface area contributed by atoms with E-state index in [1.165, 1.54) is 42.6 Å². The Morgan fingerprint density at radius 3 is 2.50 bits per heavy atom. The van der Waals surface area contributed by atoms with Crippen LogP contribution < -0.4 is 10.6 Å². The monoisotopic (exact) mass is 329 g/mol. The van der Waals surface area contributed by atoms with Gasteiger partial charge in [-0.05, 0) is 48.7 Å². The summed E-state index contributed by atoms with van der Waals surface area (Å²) >= 11 is 0. The largest absolute Gasteiger partial charge is 0.351 e. The van der Waals surface area contributed by atoms with E-state index >= 15 is 0 Å². The van der Waals surface area contributed by atoms with E-state index in [1.54, 1.807) is 0 Å². The summed E-state index contributed by atoms with van der Waals surface area (Å²) in [7, 11) is 0. The van der Waals surface area contributed by atoms with Gasteiger partial charge in [0, 0.05) is 24.0 Å². The fourth-order valence-corrected chi connectivity index (χ4v) is 2.00. The molecule has 0 saturated heterocycles. The van der Waals surface area contributed by atoms with Crippen molar-refractivity contribution in [3.05, 3.63) is 59.7 Å². The predicted octanol–water partition coefficient (Wildman–Crippen LogP) is 3.25. The average Bonchev–Trinajstić information content (AvgIpc) is 2.56. The average molecular weight is 329 g/mol. The van der Waals surface area contributed by atoms with E-state index in [0.29, 0.717) is 23.7 Å². The van der Waals surface area contributed by atoms with Gasteiger partial charge in [-0.1, -0.05) is 13.8 Å². The minimum atomic E-state index is -0.389. The lowest BCUT2D eigenvalue weighted by Gasteiger charge is -2.08. The molecule has 126 valence electrons. The number of aromatic nitrogens is 1. The van der Waals surface area contributed by atoms with Crippen molar-refractivity contribution in [1.82, 2.24) is 10.3 Å². The van der Waals surface area contributed by atoms with Gasteiger partial charge < -0.3 is 10.6 Å². The van der Waals surface area contributed by atoms with Crippen LogP contribution in [0.25, 0.3) is 0 Å². The summed E-state index contributed by atoms with van der Waals surface area (Å²) in [5.74, 6) is -0.587. The van der Waals surface area contributed by atoms with Crippen molar-refractivity contribution in [2.24, 2.45) is 5.92 Å². The summed E-state index contributed by atoms with van der Waals surface area (Å²) in [6.07, 6.45) is 2.29. The summed E-state index contributed by atoms with van der Waals surface area (Å²) in [6.45, 7) is 4.71. The third-order valence-corrected chi connectivity index (χ3v) is 3.36. The van der Waals surface area contributed by atoms with Gasteiger partial charge in [0.05, 0.1) is 0 Å². The number of anilines is 1. The van der Waals surface area contributed by atoms with E-state index in [-0.39, 0.29) is 23.3 Å². The number of carbonyl (C=O) groups is 2. The molecule has 6 heteroatoms. The van der Waals surface area contributed by atoms with Crippen LogP contribution in [0.15, 0.2) is 42.6 Å². The molecule has 0 spiro atoms. The quantitative estimate of drug-likeness (QED) is 0.854. The zero-order valence-electron chi connectivity index (χ0n) is 13.7. The molecule has 0 radical (unpaired) electrons. The molecule has 2 aromatic rings. The Morgan fingerprint density at radius 1 is 1.12 bits per heavy atom. The maximum absolute atomic E-state index is 12.9. The number of pyridine rings is 1. The summed E-state index contributed by atoms with van der Waals surface area (Å²) in [5, 5.41) is 5.42. The molecule has 5 nitrogen and oxygen atoms in total. The number of nitrogens with zero attached hydrogens (tertiary/aromatic N) is 1. The van der Waals surface area contributed by atoms with E-state index in [1.807, 2.05) is 0 Å². The molecule has 0 aliphatic carbocycles. The zero-order chi connectivity index (χ0) is 17.5. The minimum absolute atomic E-state index is 0.186. The van der Waals surface area contributed by atoms with E-state index in [9.17, 15) is 14.0 Å². The lowest BCUT2D eigenvalue weighted by Crippen LogP contribution is -2.26. The predicted molar refractivity (Wildman–Crippen MR) is 90.4 cm³/mol. The zero-order valence-corrected chi connectivity index (χ0v) is 13.7. The van der Waals surface area contributed by atoms with Gasteiger partial charge in [0.1, 0.15) is 11.5 Å². The number of hydrogen-bond acceptors (Lipinski definition) is 3. The van der Waals surface area contributed by atoms with Crippen LogP contribution in [-0.4, -0.2) is 23.3 Å². The Bertz CT molecular complexity index is 714. The first-order valence-electron chi connectivity index (χ1n) is 7.77. The normalized spacial score (nSPS) is 10.5. The van der Waals surface area contributed by atoms with E-state index in [0.717, 1.165) is 6.42 Å². The topological polar surface area (TPSA) is 71.1 Å². The fourth-order valence-electron chi connectivity index (χ4n) is 2.00.